The van der Waals surface area contributed by atoms with Crippen molar-refractivity contribution in [3.05, 3.63) is 53.6 Å². The van der Waals surface area contributed by atoms with Gasteiger partial charge >= 0.3 is 0 Å². The molecular formula is C14H13ClN2O2. The first kappa shape index (κ1) is 13.2. The number of anilines is 2. The highest BCUT2D eigenvalue weighted by molar-refractivity contribution is 6.30. The number of hydrogen-bond acceptors (Lipinski definition) is 3. The second-order valence-corrected chi connectivity index (χ2v) is 4.32. The van der Waals surface area contributed by atoms with Gasteiger partial charge in [0.2, 0.25) is 0 Å². The number of nitrogens with one attached hydrogen (secondary N) is 1. The van der Waals surface area contributed by atoms with Crippen molar-refractivity contribution in [2.24, 2.45) is 0 Å². The van der Waals surface area contributed by atoms with Gasteiger partial charge in [-0.05, 0) is 30.3 Å². The van der Waals surface area contributed by atoms with Crippen LogP contribution in [0.4, 0.5) is 11.4 Å². The second-order valence-electron chi connectivity index (χ2n) is 3.89. The van der Waals surface area contributed by atoms with Gasteiger partial charge in [-0.15, -0.1) is 0 Å². The number of benzene rings is 2. The third-order valence-electron chi connectivity index (χ3n) is 2.39. The van der Waals surface area contributed by atoms with Gasteiger partial charge in [-0.3, -0.25) is 4.79 Å². The Morgan fingerprint density at radius 3 is 2.63 bits per heavy atom. The lowest BCUT2D eigenvalue weighted by molar-refractivity contribution is -0.118. The molecule has 19 heavy (non-hydrogen) atoms. The van der Waals surface area contributed by atoms with Crippen molar-refractivity contribution in [1.29, 1.82) is 0 Å². The smallest absolute Gasteiger partial charge is 0.262 e. The van der Waals surface area contributed by atoms with Gasteiger partial charge < -0.3 is 15.8 Å². The van der Waals surface area contributed by atoms with E-state index in [0.29, 0.717) is 16.5 Å². The maximum atomic E-state index is 11.7. The molecule has 98 valence electrons. The van der Waals surface area contributed by atoms with E-state index in [1.54, 1.807) is 30.3 Å². The molecule has 0 radical (unpaired) electrons. The number of carbonyl (C=O) groups excluding carboxylic acids is 1. The Morgan fingerprint density at radius 2 is 1.95 bits per heavy atom. The van der Waals surface area contributed by atoms with Crippen LogP contribution in [0, 0.1) is 0 Å². The summed E-state index contributed by atoms with van der Waals surface area (Å²) in [6, 6.07) is 14.0. The van der Waals surface area contributed by atoms with Gasteiger partial charge in [0.15, 0.2) is 6.61 Å². The molecule has 5 heteroatoms. The lowest BCUT2D eigenvalue weighted by Crippen LogP contribution is -2.20. The molecule has 4 nitrogen and oxygen atoms in total. The standard InChI is InChI=1S/C14H13ClN2O2/c15-10-6-7-13(12(16)8-10)19-9-14(18)17-11-4-2-1-3-5-11/h1-8H,9,16H2,(H,17,18). The first-order chi connectivity index (χ1) is 9.15. The molecule has 0 unspecified atom stereocenters. The minimum absolute atomic E-state index is 0.110. The van der Waals surface area contributed by atoms with Crippen molar-refractivity contribution in [3.63, 3.8) is 0 Å². The largest absolute Gasteiger partial charge is 0.482 e. The van der Waals surface area contributed by atoms with Crippen molar-refractivity contribution in [3.8, 4) is 5.75 Å². The highest BCUT2D eigenvalue weighted by Gasteiger charge is 2.06. The minimum atomic E-state index is -0.249. The van der Waals surface area contributed by atoms with E-state index in [0.717, 1.165) is 5.69 Å². The third-order valence-corrected chi connectivity index (χ3v) is 2.62. The number of carbonyl (C=O) groups is 1. The average molecular weight is 277 g/mol. The summed E-state index contributed by atoms with van der Waals surface area (Å²) >= 11 is 5.77. The Kier molecular flexibility index (Phi) is 4.26. The van der Waals surface area contributed by atoms with Crippen LogP contribution in [-0.4, -0.2) is 12.5 Å². The molecule has 0 aliphatic rings. The van der Waals surface area contributed by atoms with E-state index in [1.165, 1.54) is 0 Å². The number of nitrogens with two attached hydrogens (primary N) is 1. The summed E-state index contributed by atoms with van der Waals surface area (Å²) in [5, 5.41) is 3.24. The molecule has 0 fully saturated rings. The van der Waals surface area contributed by atoms with Crippen LogP contribution < -0.4 is 15.8 Å². The maximum absolute atomic E-state index is 11.7. The molecule has 2 aromatic rings. The zero-order valence-corrected chi connectivity index (χ0v) is 10.9. The van der Waals surface area contributed by atoms with Crippen molar-refractivity contribution < 1.29 is 9.53 Å². The summed E-state index contributed by atoms with van der Waals surface area (Å²) in [7, 11) is 0. The first-order valence-electron chi connectivity index (χ1n) is 5.68. The number of para-hydroxylation sites is 1. The summed E-state index contributed by atoms with van der Waals surface area (Å²) < 4.78 is 5.33. The van der Waals surface area contributed by atoms with Crippen molar-refractivity contribution >= 4 is 28.9 Å². The van der Waals surface area contributed by atoms with Crippen LogP contribution in [0.3, 0.4) is 0 Å². The topological polar surface area (TPSA) is 64.3 Å². The fraction of sp³-hybridized carbons (Fsp3) is 0.0714. The normalized spacial score (nSPS) is 9.95. The summed E-state index contributed by atoms with van der Waals surface area (Å²) in [6.45, 7) is -0.110. The monoisotopic (exact) mass is 276 g/mol. The van der Waals surface area contributed by atoms with Crippen LogP contribution in [0.2, 0.25) is 5.02 Å². The Morgan fingerprint density at radius 1 is 1.21 bits per heavy atom. The van der Waals surface area contributed by atoms with E-state index in [-0.39, 0.29) is 12.5 Å². The molecule has 2 aromatic carbocycles. The number of ether oxygens (including phenoxy) is 1. The summed E-state index contributed by atoms with van der Waals surface area (Å²) in [4.78, 5) is 11.7. The summed E-state index contributed by atoms with van der Waals surface area (Å²) in [5.41, 5.74) is 6.84. The van der Waals surface area contributed by atoms with Crippen LogP contribution in [-0.2, 0) is 4.79 Å². The zero-order chi connectivity index (χ0) is 13.7. The van der Waals surface area contributed by atoms with Crippen molar-refractivity contribution in [2.75, 3.05) is 17.7 Å². The van der Waals surface area contributed by atoms with Crippen LogP contribution >= 0.6 is 11.6 Å². The Balaban J connectivity index is 1.90. The van der Waals surface area contributed by atoms with Crippen LogP contribution in [0.25, 0.3) is 0 Å². The van der Waals surface area contributed by atoms with Gasteiger partial charge in [-0.1, -0.05) is 29.8 Å². The Hall–Kier alpha value is -2.20. The molecule has 0 atom stereocenters. The number of halogens is 1. The van der Waals surface area contributed by atoms with Crippen molar-refractivity contribution in [1.82, 2.24) is 0 Å². The molecule has 1 amide bonds. The zero-order valence-electron chi connectivity index (χ0n) is 10.1. The molecule has 0 spiro atoms. The van der Waals surface area contributed by atoms with Gasteiger partial charge in [-0.2, -0.15) is 0 Å². The molecule has 0 aliphatic heterocycles. The lowest BCUT2D eigenvalue weighted by Gasteiger charge is -2.09. The van der Waals surface area contributed by atoms with E-state index in [4.69, 9.17) is 22.1 Å². The molecule has 0 saturated carbocycles. The third kappa shape index (κ3) is 3.89. The SMILES string of the molecule is Nc1cc(Cl)ccc1OCC(=O)Nc1ccccc1. The number of hydrogen-bond donors (Lipinski definition) is 2. The second kappa shape index (κ2) is 6.11. The number of rotatable bonds is 4. The van der Waals surface area contributed by atoms with Gasteiger partial charge in [0.05, 0.1) is 5.69 Å². The quantitative estimate of drug-likeness (QED) is 0.844. The number of nitrogen functional groups attached to an aromatic ring is 1. The fourth-order valence-electron chi connectivity index (χ4n) is 1.51. The Bertz CT molecular complexity index is 573. The summed E-state index contributed by atoms with van der Waals surface area (Å²) in [6.07, 6.45) is 0. The predicted octanol–water partition coefficient (Wildman–Crippen LogP) is 2.94. The molecule has 0 aromatic heterocycles. The van der Waals surface area contributed by atoms with Gasteiger partial charge in [0.1, 0.15) is 5.75 Å². The molecule has 2 rings (SSSR count). The average Bonchev–Trinajstić information content (AvgIpc) is 2.39. The van der Waals surface area contributed by atoms with Crippen molar-refractivity contribution in [2.45, 2.75) is 0 Å². The van der Waals surface area contributed by atoms with Crippen LogP contribution in [0.1, 0.15) is 0 Å². The predicted molar refractivity (Wildman–Crippen MR) is 76.4 cm³/mol. The summed E-state index contributed by atoms with van der Waals surface area (Å²) in [5.74, 6) is 0.188. The van der Waals surface area contributed by atoms with Crippen LogP contribution in [0.15, 0.2) is 48.5 Å². The molecule has 3 N–H and O–H groups in total. The maximum Gasteiger partial charge on any atom is 0.262 e. The van der Waals surface area contributed by atoms with Gasteiger partial charge in [-0.25, -0.2) is 0 Å². The lowest BCUT2D eigenvalue weighted by atomic mass is 10.3. The van der Waals surface area contributed by atoms with E-state index in [2.05, 4.69) is 5.32 Å². The van der Waals surface area contributed by atoms with Gasteiger partial charge in [0, 0.05) is 10.7 Å². The molecule has 0 bridgehead atoms. The van der Waals surface area contributed by atoms with Gasteiger partial charge in [0.25, 0.3) is 5.91 Å². The Labute approximate surface area is 116 Å². The van der Waals surface area contributed by atoms with E-state index in [9.17, 15) is 4.79 Å². The van der Waals surface area contributed by atoms with Crippen LogP contribution in [0.5, 0.6) is 5.75 Å². The minimum Gasteiger partial charge on any atom is -0.482 e. The van der Waals surface area contributed by atoms with E-state index < -0.39 is 0 Å². The van der Waals surface area contributed by atoms with E-state index >= 15 is 0 Å². The highest BCUT2D eigenvalue weighted by Crippen LogP contribution is 2.24. The fourth-order valence-corrected chi connectivity index (χ4v) is 1.69. The number of amides is 1. The molecule has 0 heterocycles. The highest BCUT2D eigenvalue weighted by atomic mass is 35.5. The molecule has 0 aliphatic carbocycles. The molecule has 0 saturated heterocycles. The van der Waals surface area contributed by atoms with E-state index in [1.807, 2.05) is 18.2 Å². The first-order valence-corrected chi connectivity index (χ1v) is 6.05. The molecular weight excluding hydrogens is 264 g/mol.